The van der Waals surface area contributed by atoms with E-state index in [4.69, 9.17) is 0 Å². The van der Waals surface area contributed by atoms with E-state index in [1.807, 2.05) is 0 Å². The first kappa shape index (κ1) is 18.5. The Balaban J connectivity index is 1.63. The number of hydrogen-bond donors (Lipinski definition) is 0. The van der Waals surface area contributed by atoms with E-state index in [0.717, 1.165) is 6.42 Å². The Morgan fingerprint density at radius 1 is 0.613 bits per heavy atom. The van der Waals surface area contributed by atoms with Crippen molar-refractivity contribution in [2.45, 2.75) is 32.6 Å². The molecule has 0 radical (unpaired) electrons. The minimum absolute atomic E-state index is 1.16. The van der Waals surface area contributed by atoms with Gasteiger partial charge >= 0.3 is 0 Å². The molecule has 0 aliphatic rings. The first-order chi connectivity index (χ1) is 15.2. The Morgan fingerprint density at radius 2 is 1.19 bits per heavy atom. The summed E-state index contributed by atoms with van der Waals surface area (Å²) in [7, 11) is 4.37. The van der Waals surface area contributed by atoms with Crippen molar-refractivity contribution in [3.05, 3.63) is 72.6 Å². The minimum atomic E-state index is 1.16. The Bertz CT molecular complexity index is 1610. The van der Waals surface area contributed by atoms with Crippen LogP contribution < -0.4 is 0 Å². The molecule has 0 saturated heterocycles. The van der Waals surface area contributed by atoms with Crippen molar-refractivity contribution in [3.8, 4) is 0 Å². The highest BCUT2D eigenvalue weighted by molar-refractivity contribution is 6.24. The van der Waals surface area contributed by atoms with E-state index < -0.39 is 0 Å². The zero-order valence-corrected chi connectivity index (χ0v) is 18.6. The van der Waals surface area contributed by atoms with Crippen molar-refractivity contribution in [1.29, 1.82) is 0 Å². The van der Waals surface area contributed by atoms with Crippen molar-refractivity contribution in [2.24, 2.45) is 14.1 Å². The maximum absolute atomic E-state index is 2.42. The van der Waals surface area contributed by atoms with E-state index in [9.17, 15) is 0 Å². The smallest absolute Gasteiger partial charge is 0.0559 e. The SMILES string of the molecule is CCCCCc1cc2ccc3c4ccc5c(ccc6ccn(C)c65)c4ccc3c2n1C. The van der Waals surface area contributed by atoms with Crippen molar-refractivity contribution < 1.29 is 0 Å². The number of unbranched alkanes of at least 4 members (excludes halogenated alkanes) is 2. The number of rotatable bonds is 4. The summed E-state index contributed by atoms with van der Waals surface area (Å²) >= 11 is 0. The first-order valence-electron chi connectivity index (χ1n) is 11.5. The molecule has 2 heteroatoms. The van der Waals surface area contributed by atoms with Crippen LogP contribution in [0.25, 0.3) is 54.1 Å². The average Bonchev–Trinajstić information content (AvgIpc) is 3.33. The molecule has 0 bridgehead atoms. The minimum Gasteiger partial charge on any atom is -0.350 e. The van der Waals surface area contributed by atoms with E-state index in [1.165, 1.54) is 79.1 Å². The lowest BCUT2D eigenvalue weighted by atomic mass is 9.95. The van der Waals surface area contributed by atoms with Crippen molar-refractivity contribution in [1.82, 2.24) is 9.13 Å². The average molecular weight is 405 g/mol. The van der Waals surface area contributed by atoms with Gasteiger partial charge in [0.15, 0.2) is 0 Å². The predicted molar refractivity (Wildman–Crippen MR) is 135 cm³/mol. The summed E-state index contributed by atoms with van der Waals surface area (Å²) in [5, 5.41) is 10.7. The molecular formula is C29H28N2. The van der Waals surface area contributed by atoms with Crippen LogP contribution in [0, 0.1) is 0 Å². The lowest BCUT2D eigenvalue weighted by Crippen LogP contribution is -1.96. The quantitative estimate of drug-likeness (QED) is 0.209. The normalized spacial score (nSPS) is 12.2. The van der Waals surface area contributed by atoms with Crippen LogP contribution in [-0.2, 0) is 20.5 Å². The topological polar surface area (TPSA) is 9.86 Å². The standard InChI is InChI=1S/C29H28N2/c1-4-5-6-7-21-18-20-9-11-25-23-12-14-26-24(10-8-19-16-17-30(2)28(19)26)22(23)13-15-27(25)29(20)31(21)3/h8-18H,4-7H2,1-3H3. The molecule has 0 spiro atoms. The van der Waals surface area contributed by atoms with Gasteiger partial charge < -0.3 is 9.13 Å². The number of fused-ring (bicyclic) bond motifs is 9. The summed E-state index contributed by atoms with van der Waals surface area (Å²) in [6, 6.07) is 23.1. The summed E-state index contributed by atoms with van der Waals surface area (Å²) in [6.07, 6.45) is 7.14. The van der Waals surface area contributed by atoms with Crippen LogP contribution in [0.15, 0.2) is 66.9 Å². The maximum Gasteiger partial charge on any atom is 0.0559 e. The molecule has 0 unspecified atom stereocenters. The lowest BCUT2D eigenvalue weighted by Gasteiger charge is -2.11. The molecule has 6 aromatic rings. The summed E-state index contributed by atoms with van der Waals surface area (Å²) in [4.78, 5) is 0. The van der Waals surface area contributed by atoms with E-state index in [-0.39, 0.29) is 0 Å². The van der Waals surface area contributed by atoms with Crippen LogP contribution in [0.4, 0.5) is 0 Å². The zero-order chi connectivity index (χ0) is 21.1. The monoisotopic (exact) mass is 404 g/mol. The molecular weight excluding hydrogens is 376 g/mol. The van der Waals surface area contributed by atoms with E-state index in [1.54, 1.807) is 0 Å². The highest BCUT2D eigenvalue weighted by atomic mass is 14.9. The van der Waals surface area contributed by atoms with Gasteiger partial charge in [-0.2, -0.15) is 0 Å². The molecule has 2 nitrogen and oxygen atoms in total. The summed E-state index contributed by atoms with van der Waals surface area (Å²) in [5.41, 5.74) is 4.12. The van der Waals surface area contributed by atoms with Crippen LogP contribution in [0.5, 0.6) is 0 Å². The van der Waals surface area contributed by atoms with Crippen LogP contribution in [0.3, 0.4) is 0 Å². The fourth-order valence-electron chi connectivity index (χ4n) is 5.54. The van der Waals surface area contributed by atoms with Gasteiger partial charge in [0.25, 0.3) is 0 Å². The van der Waals surface area contributed by atoms with Gasteiger partial charge in [-0.05, 0) is 46.5 Å². The van der Waals surface area contributed by atoms with Gasteiger partial charge in [0.2, 0.25) is 0 Å². The Labute approximate surface area is 182 Å². The summed E-state index contributed by atoms with van der Waals surface area (Å²) in [6.45, 7) is 2.27. The maximum atomic E-state index is 2.42. The third kappa shape index (κ3) is 2.64. The molecule has 0 atom stereocenters. The van der Waals surface area contributed by atoms with Gasteiger partial charge in [-0.1, -0.05) is 68.3 Å². The molecule has 2 heterocycles. The summed E-state index contributed by atoms with van der Waals surface area (Å²) < 4.78 is 4.66. The molecule has 2 aromatic heterocycles. The third-order valence-corrected chi connectivity index (χ3v) is 7.16. The molecule has 0 saturated carbocycles. The molecule has 4 aromatic carbocycles. The second-order valence-corrected chi connectivity index (χ2v) is 9.00. The molecule has 0 fully saturated rings. The number of nitrogens with zero attached hydrogens (tertiary/aromatic N) is 2. The van der Waals surface area contributed by atoms with Crippen LogP contribution >= 0.6 is 0 Å². The van der Waals surface area contributed by atoms with E-state index in [0.29, 0.717) is 0 Å². The van der Waals surface area contributed by atoms with Crippen molar-refractivity contribution in [3.63, 3.8) is 0 Å². The van der Waals surface area contributed by atoms with Gasteiger partial charge in [0.1, 0.15) is 0 Å². The fourth-order valence-corrected chi connectivity index (χ4v) is 5.54. The third-order valence-electron chi connectivity index (χ3n) is 7.16. The molecule has 0 aliphatic heterocycles. The van der Waals surface area contributed by atoms with Gasteiger partial charge in [0.05, 0.1) is 11.0 Å². The Morgan fingerprint density at radius 3 is 1.90 bits per heavy atom. The van der Waals surface area contributed by atoms with Crippen LogP contribution in [0.1, 0.15) is 31.9 Å². The largest absolute Gasteiger partial charge is 0.350 e. The fraction of sp³-hybridized carbons (Fsp3) is 0.241. The summed E-state index contributed by atoms with van der Waals surface area (Å²) in [5.74, 6) is 0. The molecule has 31 heavy (non-hydrogen) atoms. The number of aryl methyl sites for hydroxylation is 3. The van der Waals surface area contributed by atoms with Gasteiger partial charge in [0, 0.05) is 47.5 Å². The molecule has 0 amide bonds. The van der Waals surface area contributed by atoms with Crippen LogP contribution in [-0.4, -0.2) is 9.13 Å². The van der Waals surface area contributed by atoms with Crippen molar-refractivity contribution in [2.75, 3.05) is 0 Å². The first-order valence-corrected chi connectivity index (χ1v) is 11.5. The van der Waals surface area contributed by atoms with Gasteiger partial charge in [-0.3, -0.25) is 0 Å². The second-order valence-electron chi connectivity index (χ2n) is 9.00. The zero-order valence-electron chi connectivity index (χ0n) is 18.6. The highest BCUT2D eigenvalue weighted by Gasteiger charge is 2.13. The van der Waals surface area contributed by atoms with Crippen molar-refractivity contribution >= 4 is 54.1 Å². The number of benzene rings is 4. The second kappa shape index (κ2) is 6.88. The van der Waals surface area contributed by atoms with E-state index in [2.05, 4.69) is 97.0 Å². The molecule has 6 rings (SSSR count). The lowest BCUT2D eigenvalue weighted by molar-refractivity contribution is 0.690. The van der Waals surface area contributed by atoms with Gasteiger partial charge in [-0.25, -0.2) is 0 Å². The Hall–Kier alpha value is -3.26. The molecule has 0 N–H and O–H groups in total. The number of hydrogen-bond acceptors (Lipinski definition) is 0. The highest BCUT2D eigenvalue weighted by Crippen LogP contribution is 2.37. The molecule has 154 valence electrons. The number of aromatic nitrogens is 2. The predicted octanol–water partition coefficient (Wildman–Crippen LogP) is 7.86. The molecule has 0 aliphatic carbocycles. The Kier molecular flexibility index (Phi) is 4.11. The van der Waals surface area contributed by atoms with Crippen LogP contribution in [0.2, 0.25) is 0 Å². The van der Waals surface area contributed by atoms with E-state index >= 15 is 0 Å². The van der Waals surface area contributed by atoms with Gasteiger partial charge in [-0.15, -0.1) is 0 Å².